The second-order valence-corrected chi connectivity index (χ2v) is 18.9. The first kappa shape index (κ1) is 33.4. The Morgan fingerprint density at radius 1 is 0.978 bits per heavy atom. The van der Waals surface area contributed by atoms with Crippen molar-refractivity contribution in [1.82, 2.24) is 18.7 Å². The van der Waals surface area contributed by atoms with E-state index in [1.54, 1.807) is 41.0 Å². The van der Waals surface area contributed by atoms with Crippen LogP contribution in [0.2, 0.25) is 35.7 Å². The van der Waals surface area contributed by atoms with Crippen LogP contribution in [0.4, 0.5) is 0 Å². The van der Waals surface area contributed by atoms with Gasteiger partial charge in [-0.05, 0) is 67.6 Å². The summed E-state index contributed by atoms with van der Waals surface area (Å²) in [6.45, 7) is 8.67. The van der Waals surface area contributed by atoms with Gasteiger partial charge in [-0.15, -0.1) is 0 Å². The minimum absolute atomic E-state index is 0.0545. The summed E-state index contributed by atoms with van der Waals surface area (Å²) in [4.78, 5) is 32.7. The zero-order valence-electron chi connectivity index (χ0n) is 26.0. The number of fused-ring (bicyclic) bond motifs is 1. The molecule has 1 saturated heterocycles. The molecule has 0 bridgehead atoms. The van der Waals surface area contributed by atoms with E-state index >= 15 is 0 Å². The first-order chi connectivity index (χ1) is 21.6. The molecule has 10 nitrogen and oxygen atoms in total. The fourth-order valence-electron chi connectivity index (χ4n) is 5.03. The standard InChI is InChI=1S/C32H40Cl2N4O6Si/c1-45(2,3)19-18-41-22-38-29-28(30(39)36(32(38)40)15-7-17-43-27-10-4-5-16-42-27)37(21-23-11-13-24(33)14-12-23)31(35-29)44-26-9-6-8-25(34)20-26/h6,8-9,11-14,20,27H,4-5,7,10,15-19,21-22H2,1-3H3. The number of benzene rings is 2. The van der Waals surface area contributed by atoms with E-state index in [9.17, 15) is 9.59 Å². The van der Waals surface area contributed by atoms with E-state index < -0.39 is 19.3 Å². The van der Waals surface area contributed by atoms with Gasteiger partial charge in [0.2, 0.25) is 0 Å². The van der Waals surface area contributed by atoms with Gasteiger partial charge in [0, 0.05) is 37.9 Å². The lowest BCUT2D eigenvalue weighted by atomic mass is 10.2. The fraction of sp³-hybridized carbons (Fsp3) is 0.469. The highest BCUT2D eigenvalue weighted by Crippen LogP contribution is 2.27. The normalized spacial score (nSPS) is 15.5. The molecule has 1 aliphatic rings. The van der Waals surface area contributed by atoms with Crippen molar-refractivity contribution in [2.24, 2.45) is 0 Å². The minimum atomic E-state index is -1.37. The van der Waals surface area contributed by atoms with E-state index in [-0.39, 0.29) is 43.3 Å². The molecule has 2 aromatic heterocycles. The summed E-state index contributed by atoms with van der Waals surface area (Å²) in [7, 11) is -1.37. The predicted octanol–water partition coefficient (Wildman–Crippen LogP) is 6.75. The Morgan fingerprint density at radius 2 is 1.78 bits per heavy atom. The van der Waals surface area contributed by atoms with Crippen LogP contribution in [0.15, 0.2) is 58.1 Å². The number of halogens is 2. The van der Waals surface area contributed by atoms with Crippen molar-refractivity contribution >= 4 is 42.4 Å². The maximum atomic E-state index is 14.1. The molecule has 1 atom stereocenters. The van der Waals surface area contributed by atoms with Crippen molar-refractivity contribution < 1.29 is 18.9 Å². The van der Waals surface area contributed by atoms with Crippen molar-refractivity contribution in [3.63, 3.8) is 0 Å². The number of hydrogen-bond donors (Lipinski definition) is 0. The number of nitrogens with zero attached hydrogens (tertiary/aromatic N) is 4. The third kappa shape index (κ3) is 8.87. The first-order valence-corrected chi connectivity index (χ1v) is 19.8. The van der Waals surface area contributed by atoms with Gasteiger partial charge in [-0.3, -0.25) is 18.5 Å². The lowest BCUT2D eigenvalue weighted by Crippen LogP contribution is -2.41. The summed E-state index contributed by atoms with van der Waals surface area (Å²) >= 11 is 12.4. The van der Waals surface area contributed by atoms with E-state index in [1.165, 1.54) is 9.13 Å². The smallest absolute Gasteiger partial charge is 0.334 e. The molecule has 45 heavy (non-hydrogen) atoms. The van der Waals surface area contributed by atoms with Gasteiger partial charge in [-0.2, -0.15) is 4.98 Å². The Morgan fingerprint density at radius 3 is 2.49 bits per heavy atom. The number of aromatic nitrogens is 4. The highest BCUT2D eigenvalue weighted by Gasteiger charge is 2.24. The average molecular weight is 676 g/mol. The van der Waals surface area contributed by atoms with Gasteiger partial charge in [-0.25, -0.2) is 4.79 Å². The van der Waals surface area contributed by atoms with Crippen molar-refractivity contribution in [2.75, 3.05) is 19.8 Å². The molecule has 3 heterocycles. The molecule has 5 rings (SSSR count). The fourth-order valence-corrected chi connectivity index (χ4v) is 6.09. The van der Waals surface area contributed by atoms with Gasteiger partial charge in [0.1, 0.15) is 12.5 Å². The molecule has 0 radical (unpaired) electrons. The van der Waals surface area contributed by atoms with Gasteiger partial charge in [-0.1, -0.05) is 61.0 Å². The van der Waals surface area contributed by atoms with Crippen LogP contribution in [0.1, 0.15) is 31.2 Å². The van der Waals surface area contributed by atoms with Gasteiger partial charge in [0.15, 0.2) is 17.5 Å². The summed E-state index contributed by atoms with van der Waals surface area (Å²) in [6.07, 6.45) is 3.13. The Labute approximate surface area is 273 Å². The lowest BCUT2D eigenvalue weighted by molar-refractivity contribution is -0.163. The van der Waals surface area contributed by atoms with Crippen LogP contribution >= 0.6 is 23.2 Å². The molecule has 1 fully saturated rings. The zero-order valence-corrected chi connectivity index (χ0v) is 28.5. The van der Waals surface area contributed by atoms with Crippen LogP contribution in [0.3, 0.4) is 0 Å². The summed E-state index contributed by atoms with van der Waals surface area (Å²) < 4.78 is 28.1. The topological polar surface area (TPSA) is 98.7 Å². The number of hydrogen-bond acceptors (Lipinski definition) is 7. The average Bonchev–Trinajstić information content (AvgIpc) is 3.34. The monoisotopic (exact) mass is 674 g/mol. The maximum Gasteiger partial charge on any atom is 0.334 e. The summed E-state index contributed by atoms with van der Waals surface area (Å²) in [6, 6.07) is 15.3. The highest BCUT2D eigenvalue weighted by molar-refractivity contribution is 6.76. The van der Waals surface area contributed by atoms with Crippen LogP contribution in [-0.2, 0) is 34.0 Å². The molecule has 0 amide bonds. The third-order valence-corrected chi connectivity index (χ3v) is 9.71. The van der Waals surface area contributed by atoms with Crippen LogP contribution in [-0.4, -0.2) is 52.9 Å². The second-order valence-electron chi connectivity index (χ2n) is 12.4. The molecule has 1 unspecified atom stereocenters. The molecular formula is C32H40Cl2N4O6Si. The van der Waals surface area contributed by atoms with E-state index in [2.05, 4.69) is 19.6 Å². The van der Waals surface area contributed by atoms with Crippen LogP contribution < -0.4 is 16.0 Å². The quantitative estimate of drug-likeness (QED) is 0.108. The summed E-state index contributed by atoms with van der Waals surface area (Å²) in [5.74, 6) is 0.442. The molecule has 2 aromatic carbocycles. The molecule has 0 saturated carbocycles. The molecule has 13 heteroatoms. The van der Waals surface area contributed by atoms with Crippen molar-refractivity contribution in [3.8, 4) is 11.8 Å². The molecule has 0 N–H and O–H groups in total. The molecule has 0 aliphatic carbocycles. The lowest BCUT2D eigenvalue weighted by Gasteiger charge is -2.22. The van der Waals surface area contributed by atoms with Crippen LogP contribution in [0.5, 0.6) is 11.8 Å². The minimum Gasteiger partial charge on any atom is -0.425 e. The van der Waals surface area contributed by atoms with Gasteiger partial charge < -0.3 is 18.9 Å². The Bertz CT molecular complexity index is 1710. The van der Waals surface area contributed by atoms with E-state index in [0.717, 1.165) is 30.9 Å². The first-order valence-electron chi connectivity index (χ1n) is 15.3. The van der Waals surface area contributed by atoms with Gasteiger partial charge in [0.05, 0.1) is 13.2 Å². The SMILES string of the molecule is C[Si](C)(C)CCOCn1c(=O)n(CCCOC2CCCCO2)c(=O)c2c1nc(Oc1cccc(Cl)c1)n2Cc1ccc(Cl)cc1. The van der Waals surface area contributed by atoms with Crippen molar-refractivity contribution in [2.45, 2.75) is 77.5 Å². The van der Waals surface area contributed by atoms with Gasteiger partial charge in [0.25, 0.3) is 5.56 Å². The number of ether oxygens (including phenoxy) is 4. The molecule has 0 spiro atoms. The third-order valence-electron chi connectivity index (χ3n) is 7.52. The van der Waals surface area contributed by atoms with Crippen LogP contribution in [0.25, 0.3) is 11.2 Å². The van der Waals surface area contributed by atoms with Crippen molar-refractivity contribution in [3.05, 3.63) is 85.0 Å². The zero-order chi connectivity index (χ0) is 32.0. The molecule has 1 aliphatic heterocycles. The van der Waals surface area contributed by atoms with Gasteiger partial charge >= 0.3 is 11.7 Å². The Balaban J connectivity index is 1.55. The Kier molecular flexibility index (Phi) is 11.2. The molecule has 242 valence electrons. The second kappa shape index (κ2) is 15.1. The van der Waals surface area contributed by atoms with Crippen LogP contribution in [0, 0.1) is 0 Å². The highest BCUT2D eigenvalue weighted by atomic mass is 35.5. The van der Waals surface area contributed by atoms with Crippen molar-refractivity contribution in [1.29, 1.82) is 0 Å². The Hall–Kier alpha value is -2.93. The molecule has 4 aromatic rings. The molecular weight excluding hydrogens is 635 g/mol. The predicted molar refractivity (Wildman–Crippen MR) is 179 cm³/mol. The van der Waals surface area contributed by atoms with E-state index in [4.69, 9.17) is 47.1 Å². The maximum absolute atomic E-state index is 14.1. The largest absolute Gasteiger partial charge is 0.425 e. The summed E-state index contributed by atoms with van der Waals surface area (Å²) in [5, 5.41) is 1.08. The number of rotatable bonds is 14. The van der Waals surface area contributed by atoms with E-state index in [0.29, 0.717) is 42.0 Å². The van der Waals surface area contributed by atoms with E-state index in [1.807, 2.05) is 12.1 Å². The summed E-state index contributed by atoms with van der Waals surface area (Å²) in [5.41, 5.74) is 0.314. The number of imidazole rings is 1.